The molecular weight excluding hydrogens is 468 g/mol. The zero-order valence-corrected chi connectivity index (χ0v) is 23.3. The molecule has 7 atom stereocenters. The van der Waals surface area contributed by atoms with E-state index in [2.05, 4.69) is 59.1 Å². The number of terminal acetylenes is 1. The van der Waals surface area contributed by atoms with Gasteiger partial charge in [0.15, 0.2) is 5.78 Å². The van der Waals surface area contributed by atoms with Crippen molar-refractivity contribution in [2.75, 3.05) is 13.0 Å². The van der Waals surface area contributed by atoms with Crippen LogP contribution in [0.2, 0.25) is 0 Å². The highest BCUT2D eigenvalue weighted by atomic mass is 35.5. The van der Waals surface area contributed by atoms with E-state index < -0.39 is 12.2 Å². The maximum atomic E-state index is 11.8. The molecule has 3 N–H and O–H groups in total. The lowest BCUT2D eigenvalue weighted by Crippen LogP contribution is -2.58. The Morgan fingerprint density at radius 2 is 1.63 bits per heavy atom. The highest BCUT2D eigenvalue weighted by Crippen LogP contribution is 2.61. The summed E-state index contributed by atoms with van der Waals surface area (Å²) in [5.41, 5.74) is 0.685. The first kappa shape index (κ1) is 37.8. The predicted octanol–water partition coefficient (Wildman–Crippen LogP) is 4.24. The van der Waals surface area contributed by atoms with E-state index in [1.165, 1.54) is 12.0 Å². The van der Waals surface area contributed by atoms with Gasteiger partial charge in [0.1, 0.15) is 13.6 Å². The summed E-state index contributed by atoms with van der Waals surface area (Å²) in [4.78, 5) is 27.8. The molecule has 6 nitrogen and oxygen atoms in total. The van der Waals surface area contributed by atoms with Crippen molar-refractivity contribution in [1.29, 1.82) is 0 Å². The number of alkyl halides is 1. The molecule has 0 bridgehead atoms. The molecule has 0 aromatic rings. The number of ketones is 1. The number of carbonyl (C=O) groups is 3. The van der Waals surface area contributed by atoms with Crippen molar-refractivity contribution >= 4 is 31.0 Å². The van der Waals surface area contributed by atoms with Gasteiger partial charge in [-0.3, -0.25) is 4.79 Å². The number of hydrogen-bond donors (Lipinski definition) is 3. The monoisotopic (exact) mass is 514 g/mol. The van der Waals surface area contributed by atoms with Crippen LogP contribution in [0.1, 0.15) is 60.8 Å². The first-order valence-electron chi connectivity index (χ1n) is 11.7. The lowest BCUT2D eigenvalue weighted by molar-refractivity contribution is -0.156. The largest absolute Gasteiger partial charge is 0.397 e. The standard InChI is InChI=1S/C21H32O3.C2H6O.C2H2.CH3Cl.2CH2O/c1-12(2)19(24)21(5)11-17(23)18-16(13(21)3)7-6-14-10-15(22)8-9-20(14,18)4;1-2-3;4*1-2/h8-10,12-13,16-19,23-24H,6-7,11H2,1-5H3;3H,2H2,1H3;1-2H;1H3;2*1H2/t13?,16-,17-,18?,19+,20-,21-;;;;;/m0...../s1. The van der Waals surface area contributed by atoms with Gasteiger partial charge < -0.3 is 24.9 Å². The number of carbonyl (C=O) groups excluding carboxylic acids is 3. The SMILES string of the molecule is C#C.C=O.C=O.CC(C)[C@@H](O)[C@@]1(C)C[C@H](O)C2[C@@H](CCC3=CC(=O)C=C[C@@]32C)C1C.CCO.CCl. The third kappa shape index (κ3) is 8.68. The summed E-state index contributed by atoms with van der Waals surface area (Å²) in [6, 6.07) is 0. The molecule has 0 aliphatic heterocycles. The summed E-state index contributed by atoms with van der Waals surface area (Å²) in [6.07, 6.45) is 16.6. The minimum Gasteiger partial charge on any atom is -0.397 e. The predicted molar refractivity (Wildman–Crippen MR) is 144 cm³/mol. The van der Waals surface area contributed by atoms with Crippen molar-refractivity contribution in [3.05, 3.63) is 23.8 Å². The first-order chi connectivity index (χ1) is 16.5. The van der Waals surface area contributed by atoms with Crippen molar-refractivity contribution in [3.63, 3.8) is 0 Å². The second-order valence-electron chi connectivity index (χ2n) is 9.49. The zero-order valence-electron chi connectivity index (χ0n) is 22.5. The van der Waals surface area contributed by atoms with Gasteiger partial charge in [-0.15, -0.1) is 24.4 Å². The van der Waals surface area contributed by atoms with Crippen LogP contribution in [-0.4, -0.2) is 59.9 Å². The number of halogens is 1. The van der Waals surface area contributed by atoms with E-state index >= 15 is 0 Å². The third-order valence-electron chi connectivity index (χ3n) is 7.56. The van der Waals surface area contributed by atoms with Crippen molar-refractivity contribution < 1.29 is 29.7 Å². The van der Waals surface area contributed by atoms with Crippen LogP contribution in [0.5, 0.6) is 0 Å². The molecular formula is C28H47ClO6. The Kier molecular flexibility index (Phi) is 19.9. The second kappa shape index (κ2) is 18.5. The highest BCUT2D eigenvalue weighted by Gasteiger charge is 2.58. The molecule has 0 radical (unpaired) electrons. The Bertz CT molecular complexity index is 686. The van der Waals surface area contributed by atoms with Crippen LogP contribution in [-0.2, 0) is 14.4 Å². The molecule has 0 saturated heterocycles. The van der Waals surface area contributed by atoms with Gasteiger partial charge in [-0.05, 0) is 61.5 Å². The Balaban J connectivity index is -0.000000815. The summed E-state index contributed by atoms with van der Waals surface area (Å²) in [5.74, 6) is 1.09. The van der Waals surface area contributed by atoms with Gasteiger partial charge in [0.25, 0.3) is 0 Å². The summed E-state index contributed by atoms with van der Waals surface area (Å²) in [5, 5.41) is 29.5. The third-order valence-corrected chi connectivity index (χ3v) is 7.56. The van der Waals surface area contributed by atoms with Crippen LogP contribution in [0, 0.1) is 47.3 Å². The highest BCUT2D eigenvalue weighted by molar-refractivity contribution is 6.15. The number of allylic oxidation sites excluding steroid dienone is 4. The summed E-state index contributed by atoms with van der Waals surface area (Å²) in [6.45, 7) is 16.6. The van der Waals surface area contributed by atoms with Gasteiger partial charge >= 0.3 is 0 Å². The minimum atomic E-state index is -0.448. The van der Waals surface area contributed by atoms with Crippen LogP contribution < -0.4 is 0 Å². The second-order valence-corrected chi connectivity index (χ2v) is 9.49. The van der Waals surface area contributed by atoms with Gasteiger partial charge in [0.05, 0.1) is 12.2 Å². The summed E-state index contributed by atoms with van der Waals surface area (Å²) >= 11 is 4.64. The molecule has 35 heavy (non-hydrogen) atoms. The smallest absolute Gasteiger partial charge is 0.178 e. The molecule has 0 spiro atoms. The fraction of sp³-hybridized carbons (Fsp3) is 0.679. The topological polar surface area (TPSA) is 112 Å². The number of fused-ring (bicyclic) bond motifs is 3. The lowest BCUT2D eigenvalue weighted by atomic mass is 9.46. The Morgan fingerprint density at radius 1 is 1.17 bits per heavy atom. The van der Waals surface area contributed by atoms with E-state index in [9.17, 15) is 15.0 Å². The maximum absolute atomic E-state index is 11.8. The summed E-state index contributed by atoms with van der Waals surface area (Å²) < 4.78 is 0. The van der Waals surface area contributed by atoms with Gasteiger partial charge in [0, 0.05) is 24.3 Å². The molecule has 3 rings (SSSR count). The maximum Gasteiger partial charge on any atom is 0.178 e. The Hall–Kier alpha value is -1.78. The van der Waals surface area contributed by atoms with Gasteiger partial charge in [0.2, 0.25) is 0 Å². The van der Waals surface area contributed by atoms with Crippen LogP contribution >= 0.6 is 11.6 Å². The molecule has 0 heterocycles. The Morgan fingerprint density at radius 3 is 2.06 bits per heavy atom. The molecule has 3 aliphatic rings. The Labute approximate surface area is 217 Å². The number of aliphatic hydroxyl groups is 3. The molecule has 0 aromatic heterocycles. The normalized spacial score (nSPS) is 32.7. The number of rotatable bonds is 2. The van der Waals surface area contributed by atoms with Crippen molar-refractivity contribution in [1.82, 2.24) is 0 Å². The summed E-state index contributed by atoms with van der Waals surface area (Å²) in [7, 11) is 0. The van der Waals surface area contributed by atoms with E-state index in [1.54, 1.807) is 19.1 Å². The van der Waals surface area contributed by atoms with E-state index in [1.807, 2.05) is 19.7 Å². The lowest BCUT2D eigenvalue weighted by Gasteiger charge is -2.60. The molecule has 2 unspecified atom stereocenters. The molecule has 0 amide bonds. The average Bonchev–Trinajstić information content (AvgIpc) is 2.87. The van der Waals surface area contributed by atoms with Crippen molar-refractivity contribution in [2.24, 2.45) is 34.5 Å². The molecule has 0 aromatic carbocycles. The van der Waals surface area contributed by atoms with Gasteiger partial charge in [-0.25, -0.2) is 0 Å². The molecule has 2 saturated carbocycles. The molecule has 2 fully saturated rings. The van der Waals surface area contributed by atoms with E-state index in [0.29, 0.717) is 18.3 Å². The molecule has 7 heteroatoms. The van der Waals surface area contributed by atoms with Crippen LogP contribution in [0.3, 0.4) is 0 Å². The minimum absolute atomic E-state index is 0.0688. The van der Waals surface area contributed by atoms with E-state index in [-0.39, 0.29) is 35.1 Å². The first-order valence-corrected chi connectivity index (χ1v) is 12.5. The zero-order chi connectivity index (χ0) is 28.6. The van der Waals surface area contributed by atoms with Crippen molar-refractivity contribution in [3.8, 4) is 12.8 Å². The van der Waals surface area contributed by atoms with Gasteiger partial charge in [-0.2, -0.15) is 0 Å². The fourth-order valence-corrected chi connectivity index (χ4v) is 6.00. The van der Waals surface area contributed by atoms with Crippen molar-refractivity contribution in [2.45, 2.75) is 73.0 Å². The van der Waals surface area contributed by atoms with E-state index in [4.69, 9.17) is 14.7 Å². The fourth-order valence-electron chi connectivity index (χ4n) is 6.00. The number of hydrogen-bond acceptors (Lipinski definition) is 6. The van der Waals surface area contributed by atoms with Crippen LogP contribution in [0.4, 0.5) is 0 Å². The van der Waals surface area contributed by atoms with Gasteiger partial charge in [-0.1, -0.05) is 46.3 Å². The number of aliphatic hydroxyl groups excluding tert-OH is 3. The molecule has 3 aliphatic carbocycles. The molecule has 202 valence electrons. The van der Waals surface area contributed by atoms with Crippen LogP contribution in [0.15, 0.2) is 23.8 Å². The van der Waals surface area contributed by atoms with Crippen LogP contribution in [0.25, 0.3) is 0 Å². The quantitative estimate of drug-likeness (QED) is 0.375. The van der Waals surface area contributed by atoms with E-state index in [0.717, 1.165) is 12.8 Å². The average molecular weight is 515 g/mol.